The molecule has 32 heavy (non-hydrogen) atoms. The Morgan fingerprint density at radius 3 is 2.62 bits per heavy atom. The van der Waals surface area contributed by atoms with E-state index in [1.165, 1.54) is 21.9 Å². The fourth-order valence-corrected chi connectivity index (χ4v) is 4.62. The predicted octanol–water partition coefficient (Wildman–Crippen LogP) is 5.34. The second-order valence-electron chi connectivity index (χ2n) is 8.72. The van der Waals surface area contributed by atoms with Crippen molar-refractivity contribution in [3.8, 4) is 5.75 Å². The van der Waals surface area contributed by atoms with Crippen LogP contribution in [0.15, 0.2) is 69.9 Å². The summed E-state index contributed by atoms with van der Waals surface area (Å²) < 4.78 is 10.7. The lowest BCUT2D eigenvalue weighted by atomic mass is 10.0. The Hall–Kier alpha value is -3.31. The number of fused-ring (bicyclic) bond motifs is 2. The van der Waals surface area contributed by atoms with Gasteiger partial charge in [-0.15, -0.1) is 0 Å². The molecule has 0 bridgehead atoms. The number of benzene rings is 3. The second kappa shape index (κ2) is 8.67. The van der Waals surface area contributed by atoms with Gasteiger partial charge in [-0.25, -0.2) is 4.79 Å². The van der Waals surface area contributed by atoms with Crippen molar-refractivity contribution in [1.82, 2.24) is 4.90 Å². The molecule has 3 aromatic carbocycles. The molecule has 0 spiro atoms. The van der Waals surface area contributed by atoms with Crippen LogP contribution in [0.4, 0.5) is 5.69 Å². The number of hydrogen-bond donors (Lipinski definition) is 1. The van der Waals surface area contributed by atoms with Crippen LogP contribution < -0.4 is 15.7 Å². The highest BCUT2D eigenvalue weighted by molar-refractivity contribution is 5.90. The molecule has 1 aliphatic heterocycles. The van der Waals surface area contributed by atoms with E-state index in [1.807, 2.05) is 12.1 Å². The fourth-order valence-electron chi connectivity index (χ4n) is 4.62. The zero-order chi connectivity index (χ0) is 22.1. The highest BCUT2D eigenvalue weighted by Gasteiger charge is 2.20. The fraction of sp³-hybridized carbons (Fsp3) is 0.296. The first-order valence-electron chi connectivity index (χ1n) is 11.2. The summed E-state index contributed by atoms with van der Waals surface area (Å²) in [6, 6.07) is 20.8. The van der Waals surface area contributed by atoms with Crippen molar-refractivity contribution in [1.29, 1.82) is 0 Å². The molecule has 1 aliphatic rings. The van der Waals surface area contributed by atoms with E-state index in [2.05, 4.69) is 53.5 Å². The van der Waals surface area contributed by atoms with Crippen molar-refractivity contribution in [2.45, 2.75) is 32.4 Å². The Morgan fingerprint density at radius 1 is 1.00 bits per heavy atom. The molecule has 1 saturated heterocycles. The minimum absolute atomic E-state index is 0.321. The summed E-state index contributed by atoms with van der Waals surface area (Å²) in [5.41, 5.74) is 3.70. The Balaban J connectivity index is 1.26. The number of piperidine rings is 1. The van der Waals surface area contributed by atoms with Crippen LogP contribution in [0.2, 0.25) is 0 Å². The van der Waals surface area contributed by atoms with Gasteiger partial charge in [-0.3, -0.25) is 4.90 Å². The first-order valence-corrected chi connectivity index (χ1v) is 11.2. The zero-order valence-corrected chi connectivity index (χ0v) is 18.6. The predicted molar refractivity (Wildman–Crippen MR) is 130 cm³/mol. The summed E-state index contributed by atoms with van der Waals surface area (Å²) in [4.78, 5) is 14.5. The Morgan fingerprint density at radius 2 is 1.81 bits per heavy atom. The van der Waals surface area contributed by atoms with Crippen molar-refractivity contribution >= 4 is 27.4 Å². The van der Waals surface area contributed by atoms with Gasteiger partial charge in [0.1, 0.15) is 11.3 Å². The molecular formula is C27H28N2O3. The molecule has 0 atom stereocenters. The van der Waals surface area contributed by atoms with E-state index >= 15 is 0 Å². The van der Waals surface area contributed by atoms with Gasteiger partial charge in [-0.05, 0) is 60.4 Å². The number of methoxy groups -OCH3 is 1. The third-order valence-corrected chi connectivity index (χ3v) is 6.36. The highest BCUT2D eigenvalue weighted by atomic mass is 16.5. The highest BCUT2D eigenvalue weighted by Crippen LogP contribution is 2.28. The van der Waals surface area contributed by atoms with Crippen LogP contribution in [0.25, 0.3) is 21.7 Å². The number of rotatable bonds is 5. The molecule has 1 fully saturated rings. The van der Waals surface area contributed by atoms with Gasteiger partial charge in [0.05, 0.1) is 12.8 Å². The maximum atomic E-state index is 12.0. The van der Waals surface area contributed by atoms with Crippen molar-refractivity contribution in [2.24, 2.45) is 0 Å². The van der Waals surface area contributed by atoms with Crippen molar-refractivity contribution < 1.29 is 9.15 Å². The molecule has 1 N–H and O–H groups in total. The van der Waals surface area contributed by atoms with Crippen LogP contribution in [0.1, 0.15) is 24.0 Å². The summed E-state index contributed by atoms with van der Waals surface area (Å²) in [5.74, 6) is 0.745. The number of nitrogens with zero attached hydrogens (tertiary/aromatic N) is 1. The SMILES string of the molecule is COc1ccc2oc(=O)cc(NC3CCN(Cc4ccc5ccc(C)cc5c4)CC3)c2c1. The van der Waals surface area contributed by atoms with Crippen LogP contribution in [-0.2, 0) is 6.54 Å². The van der Waals surface area contributed by atoms with E-state index in [4.69, 9.17) is 9.15 Å². The normalized spacial score (nSPS) is 15.3. The molecule has 0 unspecified atom stereocenters. The minimum Gasteiger partial charge on any atom is -0.497 e. The van der Waals surface area contributed by atoms with Gasteiger partial charge in [-0.1, -0.05) is 35.9 Å². The topological polar surface area (TPSA) is 54.7 Å². The van der Waals surface area contributed by atoms with Gasteiger partial charge in [0.15, 0.2) is 0 Å². The largest absolute Gasteiger partial charge is 0.497 e. The molecule has 0 amide bonds. The maximum absolute atomic E-state index is 12.0. The van der Waals surface area contributed by atoms with E-state index < -0.39 is 0 Å². The Bertz CT molecular complexity index is 1320. The lowest BCUT2D eigenvalue weighted by Gasteiger charge is -2.33. The van der Waals surface area contributed by atoms with Crippen LogP contribution in [0.5, 0.6) is 5.75 Å². The van der Waals surface area contributed by atoms with Crippen molar-refractivity contribution in [3.05, 3.63) is 82.2 Å². The summed E-state index contributed by atoms with van der Waals surface area (Å²) in [5, 5.41) is 7.06. The number of hydrogen-bond acceptors (Lipinski definition) is 5. The first kappa shape index (κ1) is 20.6. The average molecular weight is 429 g/mol. The van der Waals surface area contributed by atoms with E-state index in [0.29, 0.717) is 11.6 Å². The molecule has 0 radical (unpaired) electrons. The smallest absolute Gasteiger partial charge is 0.338 e. The molecule has 5 rings (SSSR count). The zero-order valence-electron chi connectivity index (χ0n) is 18.6. The van der Waals surface area contributed by atoms with E-state index in [9.17, 15) is 4.79 Å². The third kappa shape index (κ3) is 4.34. The molecule has 5 nitrogen and oxygen atoms in total. The molecule has 5 heteroatoms. The molecule has 0 saturated carbocycles. The third-order valence-electron chi connectivity index (χ3n) is 6.36. The number of anilines is 1. The molecule has 0 aliphatic carbocycles. The minimum atomic E-state index is -0.339. The van der Waals surface area contributed by atoms with Crippen LogP contribution in [-0.4, -0.2) is 31.1 Å². The van der Waals surface area contributed by atoms with Gasteiger partial charge in [-0.2, -0.15) is 0 Å². The van der Waals surface area contributed by atoms with Gasteiger partial charge in [0.2, 0.25) is 0 Å². The van der Waals surface area contributed by atoms with Gasteiger partial charge < -0.3 is 14.5 Å². The molecule has 4 aromatic rings. The first-order chi connectivity index (χ1) is 15.6. The van der Waals surface area contributed by atoms with Crippen LogP contribution >= 0.6 is 0 Å². The molecule has 1 aromatic heterocycles. The van der Waals surface area contributed by atoms with Crippen LogP contribution in [0, 0.1) is 6.92 Å². The number of likely N-dealkylation sites (tertiary alicyclic amines) is 1. The number of aryl methyl sites for hydroxylation is 1. The summed E-state index contributed by atoms with van der Waals surface area (Å²) >= 11 is 0. The standard InChI is InChI=1S/C27H28N2O3/c1-18-3-5-20-6-4-19(14-21(20)13-18)17-29-11-9-22(10-12-29)28-25-16-27(30)32-26-8-7-23(31-2)15-24(25)26/h3-8,13-16,22,28H,9-12,17H2,1-2H3. The van der Waals surface area contributed by atoms with E-state index in [1.54, 1.807) is 19.2 Å². The van der Waals surface area contributed by atoms with Gasteiger partial charge >= 0.3 is 5.63 Å². The van der Waals surface area contributed by atoms with Gasteiger partial charge in [0.25, 0.3) is 0 Å². The molecule has 2 heterocycles. The quantitative estimate of drug-likeness (QED) is 0.435. The number of ether oxygens (including phenoxy) is 1. The monoisotopic (exact) mass is 428 g/mol. The second-order valence-corrected chi connectivity index (χ2v) is 8.72. The Labute approximate surface area is 187 Å². The van der Waals surface area contributed by atoms with E-state index in [0.717, 1.165) is 49.3 Å². The van der Waals surface area contributed by atoms with Crippen LogP contribution in [0.3, 0.4) is 0 Å². The lowest BCUT2D eigenvalue weighted by molar-refractivity contribution is 0.211. The van der Waals surface area contributed by atoms with Crippen molar-refractivity contribution in [2.75, 3.05) is 25.5 Å². The lowest BCUT2D eigenvalue weighted by Crippen LogP contribution is -2.38. The summed E-state index contributed by atoms with van der Waals surface area (Å²) in [7, 11) is 1.64. The summed E-state index contributed by atoms with van der Waals surface area (Å²) in [6.45, 7) is 5.14. The van der Waals surface area contributed by atoms with E-state index in [-0.39, 0.29) is 5.63 Å². The van der Waals surface area contributed by atoms with Crippen molar-refractivity contribution in [3.63, 3.8) is 0 Å². The molecule has 164 valence electrons. The number of nitrogens with one attached hydrogen (secondary N) is 1. The average Bonchev–Trinajstić information content (AvgIpc) is 2.80. The Kier molecular flexibility index (Phi) is 5.58. The van der Waals surface area contributed by atoms with Gasteiger partial charge in [0, 0.05) is 37.1 Å². The molecular weight excluding hydrogens is 400 g/mol. The summed E-state index contributed by atoms with van der Waals surface area (Å²) in [6.07, 6.45) is 2.05. The maximum Gasteiger partial charge on any atom is 0.338 e.